The summed E-state index contributed by atoms with van der Waals surface area (Å²) < 4.78 is 1.16. The van der Waals surface area contributed by atoms with Crippen LogP contribution in [0.2, 0.25) is 0 Å². The Bertz CT molecular complexity index is 1390. The number of hydrogen-bond donors (Lipinski definition) is 0. The third kappa shape index (κ3) is 3.83. The number of nitro groups is 1. The molecular weight excluding hydrogens is 426 g/mol. The highest BCUT2D eigenvalue weighted by Gasteiger charge is 2.24. The Kier molecular flexibility index (Phi) is 5.34. The molecule has 0 saturated carbocycles. The number of nitrogens with zero attached hydrogens (tertiary/aromatic N) is 5. The minimum absolute atomic E-state index is 0.0650. The number of aromatic nitrogens is 2. The average Bonchev–Trinajstić information content (AvgIpc) is 3.18. The van der Waals surface area contributed by atoms with Gasteiger partial charge in [-0.15, -0.1) is 11.3 Å². The summed E-state index contributed by atoms with van der Waals surface area (Å²) in [7, 11) is 0. The van der Waals surface area contributed by atoms with Crippen molar-refractivity contribution in [2.24, 2.45) is 5.10 Å². The lowest BCUT2D eigenvalue weighted by Gasteiger charge is -2.26. The molecule has 0 spiro atoms. The van der Waals surface area contributed by atoms with Crippen LogP contribution in [-0.4, -0.2) is 32.2 Å². The Morgan fingerprint density at radius 2 is 1.94 bits per heavy atom. The highest BCUT2D eigenvalue weighted by atomic mass is 32.1. The third-order valence-corrected chi connectivity index (χ3v) is 6.65. The van der Waals surface area contributed by atoms with Crippen LogP contribution in [0, 0.1) is 10.1 Å². The predicted octanol–water partition coefficient (Wildman–Crippen LogP) is 3.81. The molecule has 9 heteroatoms. The second-order valence-electron chi connectivity index (χ2n) is 7.58. The van der Waals surface area contributed by atoms with E-state index in [0.717, 1.165) is 41.2 Å². The highest BCUT2D eigenvalue weighted by molar-refractivity contribution is 7.18. The van der Waals surface area contributed by atoms with Crippen molar-refractivity contribution < 1.29 is 4.92 Å². The summed E-state index contributed by atoms with van der Waals surface area (Å²) in [5.74, 6) is 0. The summed E-state index contributed by atoms with van der Waals surface area (Å²) >= 11 is 1.55. The second kappa shape index (κ2) is 8.45. The lowest BCUT2D eigenvalue weighted by atomic mass is 10.0. The van der Waals surface area contributed by atoms with E-state index in [-0.39, 0.29) is 11.2 Å². The van der Waals surface area contributed by atoms with Crippen LogP contribution in [0.5, 0.6) is 0 Å². The molecular formula is C23H19N5O3S. The van der Waals surface area contributed by atoms with Gasteiger partial charge in [0.1, 0.15) is 11.2 Å². The zero-order valence-electron chi connectivity index (χ0n) is 17.0. The van der Waals surface area contributed by atoms with Gasteiger partial charge in [-0.1, -0.05) is 42.5 Å². The van der Waals surface area contributed by atoms with Gasteiger partial charge in [-0.2, -0.15) is 9.78 Å². The maximum atomic E-state index is 13.1. The Morgan fingerprint density at radius 3 is 2.75 bits per heavy atom. The molecule has 0 radical (unpaired) electrons. The number of rotatable bonds is 5. The Hall–Kier alpha value is -3.69. The normalized spacial score (nSPS) is 14.1. The third-order valence-electron chi connectivity index (χ3n) is 5.53. The molecule has 0 atom stereocenters. The maximum absolute atomic E-state index is 13.1. The fourth-order valence-corrected chi connectivity index (χ4v) is 5.19. The van der Waals surface area contributed by atoms with Crippen molar-refractivity contribution in [2.45, 2.75) is 19.5 Å². The zero-order chi connectivity index (χ0) is 22.1. The monoisotopic (exact) mass is 445 g/mol. The van der Waals surface area contributed by atoms with Crippen molar-refractivity contribution in [3.8, 4) is 0 Å². The van der Waals surface area contributed by atoms with Crippen LogP contribution >= 0.6 is 11.3 Å². The van der Waals surface area contributed by atoms with E-state index >= 15 is 0 Å². The zero-order valence-corrected chi connectivity index (χ0v) is 17.9. The van der Waals surface area contributed by atoms with Crippen LogP contribution < -0.4 is 5.56 Å². The predicted molar refractivity (Wildman–Crippen MR) is 124 cm³/mol. The molecule has 0 N–H and O–H groups in total. The molecule has 8 nitrogen and oxygen atoms in total. The van der Waals surface area contributed by atoms with Crippen molar-refractivity contribution in [1.82, 2.24) is 14.6 Å². The van der Waals surface area contributed by atoms with Gasteiger partial charge in [0.2, 0.25) is 0 Å². The summed E-state index contributed by atoms with van der Waals surface area (Å²) in [5, 5.41) is 16.0. The van der Waals surface area contributed by atoms with Crippen molar-refractivity contribution in [2.75, 3.05) is 6.54 Å². The van der Waals surface area contributed by atoms with Gasteiger partial charge in [-0.05, 0) is 23.6 Å². The van der Waals surface area contributed by atoms with E-state index < -0.39 is 4.92 Å². The number of fused-ring (bicyclic) bond motifs is 3. The van der Waals surface area contributed by atoms with Crippen LogP contribution in [0.4, 0.5) is 5.69 Å². The average molecular weight is 446 g/mol. The van der Waals surface area contributed by atoms with Crippen LogP contribution in [0.25, 0.3) is 10.2 Å². The molecule has 0 amide bonds. The fraction of sp³-hybridized carbons (Fsp3) is 0.174. The van der Waals surface area contributed by atoms with E-state index in [4.69, 9.17) is 0 Å². The standard InChI is InChI=1S/C23H19N5O3S/c29-23-21-18-10-11-26(13-16-6-2-1-3-7-16)14-20(18)32-22(21)24-15-27(23)25-12-17-8-4-5-9-19(17)28(30)31/h1-9,12,15H,10-11,13-14H2/b25-12+. The van der Waals surface area contributed by atoms with Crippen LogP contribution in [0.15, 0.2) is 70.8 Å². The van der Waals surface area contributed by atoms with E-state index in [0.29, 0.717) is 15.8 Å². The summed E-state index contributed by atoms with van der Waals surface area (Å²) in [6.45, 7) is 2.51. The van der Waals surface area contributed by atoms with Gasteiger partial charge in [-0.3, -0.25) is 19.8 Å². The Morgan fingerprint density at radius 1 is 1.16 bits per heavy atom. The van der Waals surface area contributed by atoms with Crippen molar-refractivity contribution >= 4 is 33.5 Å². The summed E-state index contributed by atoms with van der Waals surface area (Å²) in [6, 6.07) is 16.6. The molecule has 0 saturated heterocycles. The lowest BCUT2D eigenvalue weighted by molar-refractivity contribution is -0.385. The van der Waals surface area contributed by atoms with E-state index in [1.54, 1.807) is 29.5 Å². The van der Waals surface area contributed by atoms with Crippen LogP contribution in [-0.2, 0) is 19.5 Å². The number of hydrogen-bond acceptors (Lipinski definition) is 7. The van der Waals surface area contributed by atoms with Crippen molar-refractivity contribution in [3.05, 3.63) is 103 Å². The van der Waals surface area contributed by atoms with Gasteiger partial charge in [0.05, 0.1) is 22.1 Å². The van der Waals surface area contributed by atoms with E-state index in [1.807, 2.05) is 18.2 Å². The maximum Gasteiger partial charge on any atom is 0.282 e. The largest absolute Gasteiger partial charge is 0.294 e. The molecule has 5 rings (SSSR count). The minimum Gasteiger partial charge on any atom is -0.294 e. The highest BCUT2D eigenvalue weighted by Crippen LogP contribution is 2.32. The molecule has 3 heterocycles. The molecule has 0 aliphatic carbocycles. The van der Waals surface area contributed by atoms with Gasteiger partial charge in [-0.25, -0.2) is 4.98 Å². The minimum atomic E-state index is -0.470. The molecule has 1 aliphatic rings. The lowest BCUT2D eigenvalue weighted by Crippen LogP contribution is -2.29. The first kappa shape index (κ1) is 20.2. The van der Waals surface area contributed by atoms with Gasteiger partial charge < -0.3 is 0 Å². The van der Waals surface area contributed by atoms with Gasteiger partial charge in [0.25, 0.3) is 11.2 Å². The number of benzene rings is 2. The number of para-hydroxylation sites is 1. The molecule has 2 aromatic carbocycles. The van der Waals surface area contributed by atoms with Crippen molar-refractivity contribution in [1.29, 1.82) is 0 Å². The van der Waals surface area contributed by atoms with E-state index in [1.165, 1.54) is 24.2 Å². The summed E-state index contributed by atoms with van der Waals surface area (Å²) in [4.78, 5) is 32.6. The first-order valence-electron chi connectivity index (χ1n) is 10.2. The molecule has 0 bridgehead atoms. The first-order chi connectivity index (χ1) is 15.6. The topological polar surface area (TPSA) is 93.6 Å². The molecule has 2 aromatic heterocycles. The summed E-state index contributed by atoms with van der Waals surface area (Å²) in [6.07, 6.45) is 3.48. The smallest absolute Gasteiger partial charge is 0.282 e. The second-order valence-corrected chi connectivity index (χ2v) is 8.67. The first-order valence-corrected chi connectivity index (χ1v) is 11.0. The summed E-state index contributed by atoms with van der Waals surface area (Å²) in [5.41, 5.74) is 2.32. The molecule has 4 aromatic rings. The van der Waals surface area contributed by atoms with Crippen LogP contribution in [0.1, 0.15) is 21.6 Å². The number of nitro benzene ring substituents is 1. The molecule has 0 fully saturated rings. The molecule has 32 heavy (non-hydrogen) atoms. The van der Waals surface area contributed by atoms with Gasteiger partial charge in [0.15, 0.2) is 0 Å². The number of thiophene rings is 1. The Balaban J connectivity index is 1.45. The quantitative estimate of drug-likeness (QED) is 0.265. The van der Waals surface area contributed by atoms with Crippen LogP contribution in [0.3, 0.4) is 0 Å². The SMILES string of the molecule is O=c1c2c3c(sc2ncn1/N=C/c1ccccc1[N+](=O)[O-])CN(Cc1ccccc1)CC3. The Labute approximate surface area is 187 Å². The molecule has 0 unspecified atom stereocenters. The van der Waals surface area contributed by atoms with Gasteiger partial charge >= 0.3 is 0 Å². The fourth-order valence-electron chi connectivity index (χ4n) is 3.97. The van der Waals surface area contributed by atoms with Crippen molar-refractivity contribution in [3.63, 3.8) is 0 Å². The van der Waals surface area contributed by atoms with E-state index in [9.17, 15) is 14.9 Å². The van der Waals surface area contributed by atoms with Gasteiger partial charge in [0, 0.05) is 30.6 Å². The molecule has 160 valence electrons. The molecule has 1 aliphatic heterocycles. The van der Waals surface area contributed by atoms with E-state index in [2.05, 4.69) is 27.1 Å².